The van der Waals surface area contributed by atoms with Crippen LogP contribution in [0.1, 0.15) is 24.0 Å². The molecule has 0 radical (unpaired) electrons. The van der Waals surface area contributed by atoms with Gasteiger partial charge in [0.1, 0.15) is 18.2 Å². The summed E-state index contributed by atoms with van der Waals surface area (Å²) in [5, 5.41) is 3.47. The summed E-state index contributed by atoms with van der Waals surface area (Å²) >= 11 is 3.34. The molecule has 0 aliphatic heterocycles. The van der Waals surface area contributed by atoms with E-state index < -0.39 is 0 Å². The Morgan fingerprint density at radius 3 is 2.86 bits per heavy atom. The van der Waals surface area contributed by atoms with E-state index in [1.54, 1.807) is 12.1 Å². The summed E-state index contributed by atoms with van der Waals surface area (Å²) in [6, 6.07) is 13.5. The predicted molar refractivity (Wildman–Crippen MR) is 84.7 cm³/mol. The first-order valence-corrected chi connectivity index (χ1v) is 7.89. The second-order valence-corrected chi connectivity index (χ2v) is 6.24. The van der Waals surface area contributed by atoms with E-state index in [0.717, 1.165) is 16.8 Å². The summed E-state index contributed by atoms with van der Waals surface area (Å²) in [6.45, 7) is 1.08. The minimum Gasteiger partial charge on any atom is -0.489 e. The lowest BCUT2D eigenvalue weighted by Gasteiger charge is -2.09. The zero-order chi connectivity index (χ0) is 14.7. The van der Waals surface area contributed by atoms with E-state index in [1.807, 2.05) is 18.2 Å². The van der Waals surface area contributed by atoms with Crippen molar-refractivity contribution in [3.8, 4) is 5.75 Å². The Morgan fingerprint density at radius 1 is 1.19 bits per heavy atom. The summed E-state index contributed by atoms with van der Waals surface area (Å²) in [4.78, 5) is 0. The third kappa shape index (κ3) is 4.29. The zero-order valence-electron chi connectivity index (χ0n) is 11.6. The van der Waals surface area contributed by atoms with Crippen LogP contribution in [0.5, 0.6) is 5.75 Å². The van der Waals surface area contributed by atoms with Gasteiger partial charge in [-0.2, -0.15) is 0 Å². The second kappa shape index (κ2) is 6.58. The van der Waals surface area contributed by atoms with Gasteiger partial charge in [0.05, 0.1) is 0 Å². The monoisotopic (exact) mass is 349 g/mol. The van der Waals surface area contributed by atoms with Crippen LogP contribution < -0.4 is 10.1 Å². The van der Waals surface area contributed by atoms with E-state index in [4.69, 9.17) is 4.74 Å². The maximum absolute atomic E-state index is 13.7. The quantitative estimate of drug-likeness (QED) is 0.833. The molecule has 0 atom stereocenters. The maximum atomic E-state index is 13.7. The van der Waals surface area contributed by atoms with Gasteiger partial charge in [-0.05, 0) is 48.7 Å². The lowest BCUT2D eigenvalue weighted by molar-refractivity contribution is 0.299. The molecule has 0 unspecified atom stereocenters. The molecule has 1 N–H and O–H groups in total. The fourth-order valence-electron chi connectivity index (χ4n) is 2.11. The number of nitrogens with one attached hydrogen (secondary N) is 1. The van der Waals surface area contributed by atoms with Gasteiger partial charge in [0.2, 0.25) is 0 Å². The lowest BCUT2D eigenvalue weighted by atomic mass is 10.2. The van der Waals surface area contributed by atoms with Gasteiger partial charge in [0.15, 0.2) is 0 Å². The van der Waals surface area contributed by atoms with Crippen molar-refractivity contribution in [2.24, 2.45) is 0 Å². The van der Waals surface area contributed by atoms with Crippen LogP contribution in [0.15, 0.2) is 46.9 Å². The Morgan fingerprint density at radius 2 is 2.05 bits per heavy atom. The van der Waals surface area contributed by atoms with Gasteiger partial charge in [0, 0.05) is 22.6 Å². The molecule has 2 nitrogen and oxygen atoms in total. The fourth-order valence-corrected chi connectivity index (χ4v) is 2.52. The van der Waals surface area contributed by atoms with E-state index in [-0.39, 0.29) is 12.4 Å². The Labute approximate surface area is 132 Å². The number of ether oxygens (including phenoxy) is 1. The molecule has 1 aliphatic rings. The molecular weight excluding hydrogens is 333 g/mol. The molecule has 3 rings (SSSR count). The van der Waals surface area contributed by atoms with E-state index in [9.17, 15) is 4.39 Å². The second-order valence-electron chi connectivity index (χ2n) is 5.33. The van der Waals surface area contributed by atoms with Gasteiger partial charge in [0.25, 0.3) is 0 Å². The molecule has 21 heavy (non-hydrogen) atoms. The third-order valence-electron chi connectivity index (χ3n) is 3.47. The maximum Gasteiger partial charge on any atom is 0.129 e. The van der Waals surface area contributed by atoms with Gasteiger partial charge < -0.3 is 10.1 Å². The number of halogens is 2. The largest absolute Gasteiger partial charge is 0.489 e. The summed E-state index contributed by atoms with van der Waals surface area (Å²) < 4.78 is 20.2. The van der Waals surface area contributed by atoms with Gasteiger partial charge in [-0.1, -0.05) is 28.1 Å². The summed E-state index contributed by atoms with van der Waals surface area (Å²) in [5.74, 6) is 0.522. The van der Waals surface area contributed by atoms with Crippen LogP contribution in [0.25, 0.3) is 0 Å². The summed E-state index contributed by atoms with van der Waals surface area (Å²) in [5.41, 5.74) is 1.74. The van der Waals surface area contributed by atoms with Crippen LogP contribution in [0.2, 0.25) is 0 Å². The first-order valence-electron chi connectivity index (χ1n) is 7.10. The number of hydrogen-bond donors (Lipinski definition) is 1. The van der Waals surface area contributed by atoms with Crippen molar-refractivity contribution in [1.82, 2.24) is 5.32 Å². The third-order valence-corrected chi connectivity index (χ3v) is 3.97. The van der Waals surface area contributed by atoms with Crippen LogP contribution in [-0.4, -0.2) is 6.04 Å². The molecule has 0 saturated heterocycles. The molecular formula is C17H17BrFNO. The average molecular weight is 350 g/mol. The first kappa shape index (κ1) is 14.5. The number of hydrogen-bond acceptors (Lipinski definition) is 2. The molecule has 2 aromatic carbocycles. The molecule has 110 valence electrons. The smallest absolute Gasteiger partial charge is 0.129 e. The van der Waals surface area contributed by atoms with Crippen molar-refractivity contribution in [2.75, 3.05) is 0 Å². The molecule has 4 heteroatoms. The summed E-state index contributed by atoms with van der Waals surface area (Å²) in [6.07, 6.45) is 2.55. The highest BCUT2D eigenvalue weighted by Crippen LogP contribution is 2.21. The molecule has 1 saturated carbocycles. The molecule has 0 aromatic heterocycles. The Kier molecular flexibility index (Phi) is 4.56. The van der Waals surface area contributed by atoms with Crippen molar-refractivity contribution in [3.05, 3.63) is 63.9 Å². The fraction of sp³-hybridized carbons (Fsp3) is 0.294. The minimum absolute atomic E-state index is 0.227. The van der Waals surface area contributed by atoms with E-state index in [0.29, 0.717) is 11.6 Å². The molecule has 1 aliphatic carbocycles. The molecule has 0 amide bonds. The highest BCUT2D eigenvalue weighted by Gasteiger charge is 2.19. The number of rotatable bonds is 6. The van der Waals surface area contributed by atoms with Crippen molar-refractivity contribution >= 4 is 15.9 Å². The van der Waals surface area contributed by atoms with Crippen molar-refractivity contribution in [3.63, 3.8) is 0 Å². The van der Waals surface area contributed by atoms with E-state index in [2.05, 4.69) is 27.3 Å². The van der Waals surface area contributed by atoms with Gasteiger partial charge in [-0.3, -0.25) is 0 Å². The van der Waals surface area contributed by atoms with Crippen LogP contribution in [0.3, 0.4) is 0 Å². The lowest BCUT2D eigenvalue weighted by Crippen LogP contribution is -2.15. The normalized spacial score (nSPS) is 14.2. The predicted octanol–water partition coefficient (Wildman–Crippen LogP) is 4.42. The van der Waals surface area contributed by atoms with Gasteiger partial charge >= 0.3 is 0 Å². The number of benzene rings is 2. The zero-order valence-corrected chi connectivity index (χ0v) is 13.2. The van der Waals surface area contributed by atoms with E-state index in [1.165, 1.54) is 24.5 Å². The Bertz CT molecular complexity index is 628. The topological polar surface area (TPSA) is 21.3 Å². The standard InChI is InChI=1S/C17H17BrFNO/c18-14-4-7-17(19)13(9-14)11-21-16-3-1-2-12(8-16)10-20-15-5-6-15/h1-4,7-9,15,20H,5-6,10-11H2. The van der Waals surface area contributed by atoms with Crippen LogP contribution >= 0.6 is 15.9 Å². The first-order chi connectivity index (χ1) is 10.2. The highest BCUT2D eigenvalue weighted by molar-refractivity contribution is 9.10. The molecule has 0 spiro atoms. The van der Waals surface area contributed by atoms with Crippen LogP contribution in [0, 0.1) is 5.82 Å². The van der Waals surface area contributed by atoms with Crippen molar-refractivity contribution in [1.29, 1.82) is 0 Å². The Hall–Kier alpha value is -1.39. The Balaban J connectivity index is 1.61. The SMILES string of the molecule is Fc1ccc(Br)cc1COc1cccc(CNC2CC2)c1. The van der Waals surface area contributed by atoms with E-state index >= 15 is 0 Å². The molecule has 1 fully saturated rings. The van der Waals surface area contributed by atoms with Gasteiger partial charge in [-0.25, -0.2) is 4.39 Å². The van der Waals surface area contributed by atoms with Gasteiger partial charge in [-0.15, -0.1) is 0 Å². The highest BCUT2D eigenvalue weighted by atomic mass is 79.9. The molecule has 2 aromatic rings. The summed E-state index contributed by atoms with van der Waals surface area (Å²) in [7, 11) is 0. The van der Waals surface area contributed by atoms with Crippen LogP contribution in [-0.2, 0) is 13.2 Å². The molecule has 0 heterocycles. The van der Waals surface area contributed by atoms with Crippen molar-refractivity contribution < 1.29 is 9.13 Å². The van der Waals surface area contributed by atoms with Crippen molar-refractivity contribution in [2.45, 2.75) is 32.0 Å². The minimum atomic E-state index is -0.246. The average Bonchev–Trinajstić information content (AvgIpc) is 3.31. The van der Waals surface area contributed by atoms with Crippen LogP contribution in [0.4, 0.5) is 4.39 Å². The molecule has 0 bridgehead atoms.